The lowest BCUT2D eigenvalue weighted by Crippen LogP contribution is -2.54. The summed E-state index contributed by atoms with van der Waals surface area (Å²) in [5.74, 6) is -4.34. The first kappa shape index (κ1) is 61.4. The van der Waals surface area contributed by atoms with Crippen molar-refractivity contribution in [1.82, 2.24) is 10.2 Å². The molecule has 2 aliphatic rings. The Balaban J connectivity index is 0.777. The number of benzene rings is 2. The van der Waals surface area contributed by atoms with Gasteiger partial charge in [-0.25, -0.2) is 4.79 Å². The lowest BCUT2D eigenvalue weighted by Gasteiger charge is -2.27. The third-order valence-electron chi connectivity index (χ3n) is 10.7. The molecule has 0 aromatic heterocycles. The predicted molar refractivity (Wildman–Crippen MR) is 262 cm³/mol. The predicted octanol–water partition coefficient (Wildman–Crippen LogP) is 2.21. The van der Waals surface area contributed by atoms with Gasteiger partial charge < -0.3 is 66.9 Å². The van der Waals surface area contributed by atoms with E-state index in [1.54, 1.807) is 42.5 Å². The number of ether oxygens (including phenoxy) is 13. The van der Waals surface area contributed by atoms with Gasteiger partial charge in [0.2, 0.25) is 17.7 Å². The number of fused-ring (bicyclic) bond motifs is 1. The molecule has 1 fully saturated rings. The van der Waals surface area contributed by atoms with Crippen molar-refractivity contribution in [2.45, 2.75) is 44.6 Å². The summed E-state index contributed by atoms with van der Waals surface area (Å²) >= 11 is 0. The van der Waals surface area contributed by atoms with Crippen molar-refractivity contribution < 1.29 is 95.1 Å². The minimum atomic E-state index is -1.08. The summed E-state index contributed by atoms with van der Waals surface area (Å²) in [6.45, 7) is 10.2. The zero-order valence-electron chi connectivity index (χ0n) is 42.2. The maximum Gasteiger partial charge on any atom is 0.379 e. The smallest absolute Gasteiger partial charge is 0.379 e. The molecule has 4 rings (SSSR count). The molecular formula is C51H73N3O20. The number of imide groups is 2. The van der Waals surface area contributed by atoms with Crippen molar-refractivity contribution >= 4 is 47.0 Å². The zero-order valence-corrected chi connectivity index (χ0v) is 42.2. The van der Waals surface area contributed by atoms with E-state index in [0.717, 1.165) is 17.7 Å². The summed E-state index contributed by atoms with van der Waals surface area (Å²) in [5, 5.41) is 4.90. The third kappa shape index (κ3) is 25.4. The molecule has 0 bridgehead atoms. The number of carbonyl (C=O) groups is 7. The van der Waals surface area contributed by atoms with Crippen molar-refractivity contribution in [3.63, 3.8) is 0 Å². The fourth-order valence-electron chi connectivity index (χ4n) is 6.99. The molecule has 0 saturated carbocycles. The summed E-state index contributed by atoms with van der Waals surface area (Å²) < 4.78 is 70.8. The van der Waals surface area contributed by atoms with Gasteiger partial charge in [0.05, 0.1) is 169 Å². The number of hydrogen-bond donors (Lipinski definition) is 2. The van der Waals surface area contributed by atoms with Gasteiger partial charge in [0, 0.05) is 25.0 Å². The Kier molecular flexibility index (Phi) is 32.6. The molecule has 0 aliphatic carbocycles. The number of unbranched alkanes of at least 4 members (excludes halogenated alkanes) is 2. The zero-order chi connectivity index (χ0) is 52.7. The first-order chi connectivity index (χ1) is 36.3. The summed E-state index contributed by atoms with van der Waals surface area (Å²) in [5.41, 5.74) is 0.646. The quantitative estimate of drug-likeness (QED) is 0.0316. The molecule has 2 aromatic rings. The first-order valence-corrected chi connectivity index (χ1v) is 25.1. The number of esters is 1. The molecule has 0 spiro atoms. The van der Waals surface area contributed by atoms with Crippen LogP contribution in [0, 0.1) is 0 Å². The average molecular weight is 1050 g/mol. The highest BCUT2D eigenvalue weighted by atomic mass is 16.6. The Morgan fingerprint density at radius 3 is 1.36 bits per heavy atom. The Bertz CT molecular complexity index is 1960. The normalized spacial score (nSPS) is 14.4. The monoisotopic (exact) mass is 1050 g/mol. The van der Waals surface area contributed by atoms with E-state index >= 15 is 0 Å². The number of hydrogen-bond acceptors (Lipinski definition) is 20. The van der Waals surface area contributed by atoms with Crippen LogP contribution in [0.4, 0.5) is 5.69 Å². The van der Waals surface area contributed by atoms with Crippen LogP contribution < -0.4 is 10.6 Å². The number of anilines is 1. The van der Waals surface area contributed by atoms with Gasteiger partial charge in [-0.05, 0) is 31.4 Å². The molecule has 5 amide bonds. The number of Topliss-reactive ketones (excluding diaryl/α,β-unsaturated/α-hetero) is 1. The van der Waals surface area contributed by atoms with Gasteiger partial charge in [0.25, 0.3) is 17.6 Å². The maximum absolute atomic E-state index is 13.2. The highest BCUT2D eigenvalue weighted by Crippen LogP contribution is 2.32. The van der Waals surface area contributed by atoms with E-state index in [-0.39, 0.29) is 60.8 Å². The van der Waals surface area contributed by atoms with Gasteiger partial charge in [0.15, 0.2) is 0 Å². The van der Waals surface area contributed by atoms with Crippen LogP contribution in [0.5, 0.6) is 0 Å². The highest BCUT2D eigenvalue weighted by Gasteiger charge is 2.45. The van der Waals surface area contributed by atoms with Gasteiger partial charge in [0.1, 0.15) is 12.6 Å². The van der Waals surface area contributed by atoms with Crippen LogP contribution in [0.25, 0.3) is 0 Å². The van der Waals surface area contributed by atoms with E-state index in [2.05, 4.69) is 10.6 Å². The molecule has 23 nitrogen and oxygen atoms in total. The number of amides is 5. The van der Waals surface area contributed by atoms with Crippen LogP contribution in [-0.2, 0) is 80.8 Å². The molecule has 2 aromatic carbocycles. The van der Waals surface area contributed by atoms with Crippen LogP contribution in [0.15, 0.2) is 48.5 Å². The lowest BCUT2D eigenvalue weighted by atomic mass is 10.0. The lowest BCUT2D eigenvalue weighted by molar-refractivity contribution is -0.140. The third-order valence-corrected chi connectivity index (χ3v) is 10.7. The van der Waals surface area contributed by atoms with Crippen LogP contribution in [0.1, 0.15) is 69.6 Å². The Hall–Kier alpha value is -5.15. The first-order valence-electron chi connectivity index (χ1n) is 25.1. The molecule has 1 atom stereocenters. The van der Waals surface area contributed by atoms with E-state index in [0.29, 0.717) is 158 Å². The molecule has 2 N–H and O–H groups in total. The van der Waals surface area contributed by atoms with E-state index < -0.39 is 41.4 Å². The maximum atomic E-state index is 13.2. The van der Waals surface area contributed by atoms with Crippen molar-refractivity contribution in [2.24, 2.45) is 0 Å². The van der Waals surface area contributed by atoms with Crippen LogP contribution >= 0.6 is 0 Å². The summed E-state index contributed by atoms with van der Waals surface area (Å²) in [4.78, 5) is 87.4. The fourth-order valence-corrected chi connectivity index (χ4v) is 6.99. The van der Waals surface area contributed by atoms with E-state index in [1.807, 2.05) is 0 Å². The minimum absolute atomic E-state index is 0.0176. The Morgan fingerprint density at radius 1 is 0.486 bits per heavy atom. The topological polar surface area (TPSA) is 267 Å². The largest absolute Gasteiger partial charge is 0.457 e. The number of nitrogens with one attached hydrogen (secondary N) is 2. The number of piperidine rings is 1. The van der Waals surface area contributed by atoms with E-state index in [1.165, 1.54) is 6.07 Å². The van der Waals surface area contributed by atoms with E-state index in [4.69, 9.17) is 61.6 Å². The van der Waals surface area contributed by atoms with Crippen LogP contribution in [0.3, 0.4) is 0 Å². The second-order valence-corrected chi connectivity index (χ2v) is 16.2. The van der Waals surface area contributed by atoms with Crippen molar-refractivity contribution in [3.8, 4) is 0 Å². The van der Waals surface area contributed by atoms with Gasteiger partial charge in [-0.3, -0.25) is 39.0 Å². The molecule has 412 valence electrons. The van der Waals surface area contributed by atoms with Gasteiger partial charge in [-0.15, -0.1) is 0 Å². The highest BCUT2D eigenvalue weighted by molar-refractivity contribution is 6.40. The molecule has 0 radical (unpaired) electrons. The van der Waals surface area contributed by atoms with Crippen molar-refractivity contribution in [3.05, 3.63) is 65.2 Å². The molecule has 1 unspecified atom stereocenters. The molecule has 1 saturated heterocycles. The number of rotatable bonds is 46. The minimum Gasteiger partial charge on any atom is -0.457 e. The Labute approximate surface area is 431 Å². The standard InChI is InChI=1S/C51H73N3O20/c55-44(52-42-11-7-10-41-46(42)50(60)54(49(41)59)43-13-14-45(56)53-48(43)58)12-5-2-6-15-62-16-17-63-18-19-64-20-21-65-22-23-66-24-25-67-26-27-68-28-29-69-30-31-70-32-33-71-34-35-72-36-37-73-38-39-74-51(61)47(57)40-8-3-1-4-9-40/h1,3-4,7-11,43H,2,5-6,12-39H2,(H,52,55)(H,53,56,58). The number of carbonyl (C=O) groups excluding carboxylic acids is 7. The van der Waals surface area contributed by atoms with Crippen LogP contribution in [0.2, 0.25) is 0 Å². The van der Waals surface area contributed by atoms with E-state index in [9.17, 15) is 33.6 Å². The summed E-state index contributed by atoms with van der Waals surface area (Å²) in [6.07, 6.45) is 2.40. The number of nitrogens with zero attached hydrogens (tertiary/aromatic N) is 1. The van der Waals surface area contributed by atoms with Gasteiger partial charge in [-0.2, -0.15) is 0 Å². The van der Waals surface area contributed by atoms with Gasteiger partial charge >= 0.3 is 5.97 Å². The van der Waals surface area contributed by atoms with Crippen molar-refractivity contribution in [2.75, 3.05) is 170 Å². The molecule has 23 heteroatoms. The average Bonchev–Trinajstić information content (AvgIpc) is 3.66. The van der Waals surface area contributed by atoms with Crippen LogP contribution in [-0.4, -0.2) is 217 Å². The van der Waals surface area contributed by atoms with Crippen molar-refractivity contribution in [1.29, 1.82) is 0 Å². The van der Waals surface area contributed by atoms with Gasteiger partial charge in [-0.1, -0.05) is 42.8 Å². The molecule has 74 heavy (non-hydrogen) atoms. The summed E-state index contributed by atoms with van der Waals surface area (Å²) in [7, 11) is 0. The fraction of sp³-hybridized carbons (Fsp3) is 0.627. The second kappa shape index (κ2) is 39.3. The Morgan fingerprint density at radius 2 is 0.919 bits per heavy atom. The second-order valence-electron chi connectivity index (χ2n) is 16.2. The number of ketones is 1. The molecule has 2 heterocycles. The molecule has 2 aliphatic heterocycles. The molecular weight excluding hydrogens is 975 g/mol. The SMILES string of the molecule is O=C1CCC(N2C(=O)c3cccc(NC(=O)CCCCCOCCOCCOCCOCCOCCOCCOCCOCCOCCOCCOCCOCCOC(=O)C(=O)c4ccccc4)c3C2=O)C(=O)N1. The summed E-state index contributed by atoms with van der Waals surface area (Å²) in [6, 6.07) is 11.7.